The smallest absolute Gasteiger partial charge is 0.220 e. The lowest BCUT2D eigenvalue weighted by Gasteiger charge is -2.22. The maximum atomic E-state index is 12.4. The quantitative estimate of drug-likeness (QED) is 0.0447. The van der Waals surface area contributed by atoms with Crippen molar-refractivity contribution in [1.29, 1.82) is 0 Å². The van der Waals surface area contributed by atoms with Gasteiger partial charge in [0.15, 0.2) is 0 Å². The summed E-state index contributed by atoms with van der Waals surface area (Å²) in [6.07, 6.45) is 54.7. The number of allylic oxidation sites excluding steroid dienone is 8. The molecule has 0 aliphatic heterocycles. The number of nitrogens with one attached hydrogen (secondary N) is 1. The molecule has 0 fully saturated rings. The fourth-order valence-electron chi connectivity index (χ4n) is 6.35. The molecule has 0 aromatic rings. The second kappa shape index (κ2) is 40.8. The molecule has 0 heterocycles. The van der Waals surface area contributed by atoms with Crippen LogP contribution in [0.2, 0.25) is 0 Å². The summed E-state index contributed by atoms with van der Waals surface area (Å²) in [5.41, 5.74) is 0. The largest absolute Gasteiger partial charge is 0.394 e. The Morgan fingerprint density at radius 2 is 0.898 bits per heavy atom. The third kappa shape index (κ3) is 37.4. The van der Waals surface area contributed by atoms with E-state index >= 15 is 0 Å². The molecule has 0 bridgehead atoms. The lowest BCUT2D eigenvalue weighted by atomic mass is 10.0. The molecular weight excluding hydrogens is 602 g/mol. The van der Waals surface area contributed by atoms with Crippen molar-refractivity contribution in [2.45, 2.75) is 225 Å². The van der Waals surface area contributed by atoms with Crippen LogP contribution in [-0.2, 0) is 4.79 Å². The molecule has 4 nitrogen and oxygen atoms in total. The summed E-state index contributed by atoms with van der Waals surface area (Å²) in [7, 11) is 0. The molecule has 0 saturated carbocycles. The molecule has 0 aliphatic carbocycles. The molecule has 3 N–H and O–H groups in total. The molecule has 2 unspecified atom stereocenters. The Hall–Kier alpha value is -1.65. The number of carbonyl (C=O) groups excluding carboxylic acids is 1. The van der Waals surface area contributed by atoms with Crippen molar-refractivity contribution in [3.05, 3.63) is 48.6 Å². The van der Waals surface area contributed by atoms with Crippen LogP contribution in [-0.4, -0.2) is 34.9 Å². The van der Waals surface area contributed by atoms with Gasteiger partial charge in [-0.2, -0.15) is 0 Å². The van der Waals surface area contributed by atoms with E-state index in [4.69, 9.17) is 0 Å². The van der Waals surface area contributed by atoms with Gasteiger partial charge in [0.2, 0.25) is 5.91 Å². The van der Waals surface area contributed by atoms with Gasteiger partial charge in [0.05, 0.1) is 18.8 Å². The van der Waals surface area contributed by atoms with Crippen LogP contribution in [0.25, 0.3) is 0 Å². The number of rotatable bonds is 38. The minimum absolute atomic E-state index is 0.0359. The molecule has 49 heavy (non-hydrogen) atoms. The number of unbranched alkanes of at least 4 members (excludes halogenated alkanes) is 23. The Morgan fingerprint density at radius 3 is 1.35 bits per heavy atom. The molecular formula is C45H83NO3. The van der Waals surface area contributed by atoms with Crippen molar-refractivity contribution < 1.29 is 15.0 Å². The van der Waals surface area contributed by atoms with Crippen LogP contribution in [0.15, 0.2) is 48.6 Å². The molecule has 0 saturated heterocycles. The first-order chi connectivity index (χ1) is 24.2. The summed E-state index contributed by atoms with van der Waals surface area (Å²) >= 11 is 0. The van der Waals surface area contributed by atoms with Gasteiger partial charge >= 0.3 is 0 Å². The lowest BCUT2D eigenvalue weighted by Crippen LogP contribution is -2.45. The van der Waals surface area contributed by atoms with Gasteiger partial charge in [-0.05, 0) is 51.4 Å². The number of aliphatic hydroxyl groups is 2. The van der Waals surface area contributed by atoms with Crippen LogP contribution >= 0.6 is 0 Å². The highest BCUT2D eigenvalue weighted by molar-refractivity contribution is 5.76. The van der Waals surface area contributed by atoms with Crippen LogP contribution in [0.5, 0.6) is 0 Å². The second-order valence-electron chi connectivity index (χ2n) is 14.4. The average Bonchev–Trinajstić information content (AvgIpc) is 3.10. The molecule has 0 aromatic carbocycles. The molecule has 0 aliphatic rings. The Balaban J connectivity index is 3.51. The summed E-state index contributed by atoms with van der Waals surface area (Å²) in [5, 5.41) is 23.1. The minimum atomic E-state index is -0.659. The molecule has 0 spiro atoms. The zero-order valence-electron chi connectivity index (χ0n) is 32.7. The zero-order chi connectivity index (χ0) is 35.7. The van der Waals surface area contributed by atoms with Crippen LogP contribution in [0.1, 0.15) is 213 Å². The maximum Gasteiger partial charge on any atom is 0.220 e. The van der Waals surface area contributed by atoms with Crippen molar-refractivity contribution in [3.8, 4) is 0 Å². The van der Waals surface area contributed by atoms with E-state index < -0.39 is 12.1 Å². The fourth-order valence-corrected chi connectivity index (χ4v) is 6.35. The Morgan fingerprint density at radius 1 is 0.510 bits per heavy atom. The highest BCUT2D eigenvalue weighted by Gasteiger charge is 2.19. The first-order valence-corrected chi connectivity index (χ1v) is 21.3. The molecule has 286 valence electrons. The van der Waals surface area contributed by atoms with Gasteiger partial charge in [-0.1, -0.05) is 204 Å². The number of amides is 1. The highest BCUT2D eigenvalue weighted by atomic mass is 16.3. The van der Waals surface area contributed by atoms with Gasteiger partial charge in [0, 0.05) is 6.42 Å². The molecule has 1 amide bonds. The minimum Gasteiger partial charge on any atom is -0.394 e. The Bertz CT molecular complexity index is 786. The second-order valence-corrected chi connectivity index (χ2v) is 14.4. The summed E-state index contributed by atoms with van der Waals surface area (Å²) in [6.45, 7) is 4.24. The van der Waals surface area contributed by atoms with Crippen molar-refractivity contribution >= 4 is 5.91 Å². The van der Waals surface area contributed by atoms with E-state index in [0.29, 0.717) is 12.8 Å². The van der Waals surface area contributed by atoms with E-state index in [2.05, 4.69) is 67.8 Å². The van der Waals surface area contributed by atoms with Gasteiger partial charge in [-0.25, -0.2) is 0 Å². The van der Waals surface area contributed by atoms with Gasteiger partial charge in [-0.3, -0.25) is 4.79 Å². The molecule has 2 atom stereocenters. The van der Waals surface area contributed by atoms with Crippen LogP contribution in [0.4, 0.5) is 0 Å². The molecule has 0 aromatic heterocycles. The van der Waals surface area contributed by atoms with Crippen LogP contribution in [0, 0.1) is 0 Å². The monoisotopic (exact) mass is 686 g/mol. The number of hydrogen-bond donors (Lipinski definition) is 3. The van der Waals surface area contributed by atoms with Gasteiger partial charge in [-0.15, -0.1) is 0 Å². The zero-order valence-corrected chi connectivity index (χ0v) is 32.7. The van der Waals surface area contributed by atoms with Gasteiger partial charge < -0.3 is 15.5 Å². The number of hydrogen-bond acceptors (Lipinski definition) is 3. The fraction of sp³-hybridized carbons (Fsp3) is 0.800. The summed E-state index contributed by atoms with van der Waals surface area (Å²) in [5.74, 6) is -0.0359. The Labute approximate surface area is 305 Å². The van der Waals surface area contributed by atoms with Gasteiger partial charge in [0.25, 0.3) is 0 Å². The highest BCUT2D eigenvalue weighted by Crippen LogP contribution is 2.15. The van der Waals surface area contributed by atoms with Crippen molar-refractivity contribution in [2.75, 3.05) is 6.61 Å². The molecule has 0 radical (unpaired) electrons. The van der Waals surface area contributed by atoms with E-state index in [9.17, 15) is 15.0 Å². The van der Waals surface area contributed by atoms with Gasteiger partial charge in [0.1, 0.15) is 0 Å². The number of aliphatic hydroxyl groups excluding tert-OH is 2. The molecule has 4 heteroatoms. The molecule has 0 rings (SSSR count). The SMILES string of the molecule is CC/C=C\C/C=C\C/C=C\C/C=C\CCCCCCCCCCCCCCC(=O)NC(CO)C(O)CCCCCCCCCCCCCC. The predicted octanol–water partition coefficient (Wildman–Crippen LogP) is 13.2. The van der Waals surface area contributed by atoms with E-state index in [1.807, 2.05) is 0 Å². The van der Waals surface area contributed by atoms with E-state index in [1.54, 1.807) is 0 Å². The maximum absolute atomic E-state index is 12.4. The summed E-state index contributed by atoms with van der Waals surface area (Å²) in [4.78, 5) is 12.4. The standard InChI is InChI=1S/C45H83NO3/c1-3-5-7-9-11-13-15-17-18-19-20-21-22-23-24-25-26-27-28-29-31-33-35-37-39-41-45(49)46-43(42-47)44(48)40-38-36-34-32-30-16-14-12-10-8-6-4-2/h5,7,11,13,17-18,20-21,43-44,47-48H,3-4,6,8-10,12,14-16,19,22-42H2,1-2H3,(H,46,49)/b7-5-,13-11-,18-17-,21-20-. The normalized spacial score (nSPS) is 13.5. The topological polar surface area (TPSA) is 69.6 Å². The first kappa shape index (κ1) is 47.4. The van der Waals surface area contributed by atoms with E-state index in [-0.39, 0.29) is 12.5 Å². The van der Waals surface area contributed by atoms with Crippen LogP contribution < -0.4 is 5.32 Å². The third-order valence-electron chi connectivity index (χ3n) is 9.60. The van der Waals surface area contributed by atoms with Crippen molar-refractivity contribution in [2.24, 2.45) is 0 Å². The average molecular weight is 686 g/mol. The Kier molecular flexibility index (Phi) is 39.4. The number of carbonyl (C=O) groups is 1. The van der Waals surface area contributed by atoms with Crippen molar-refractivity contribution in [3.63, 3.8) is 0 Å². The van der Waals surface area contributed by atoms with Crippen LogP contribution in [0.3, 0.4) is 0 Å². The first-order valence-electron chi connectivity index (χ1n) is 21.3. The van der Waals surface area contributed by atoms with Crippen molar-refractivity contribution in [1.82, 2.24) is 5.32 Å². The summed E-state index contributed by atoms with van der Waals surface area (Å²) in [6, 6.07) is -0.536. The third-order valence-corrected chi connectivity index (χ3v) is 9.60. The van der Waals surface area contributed by atoms with E-state index in [1.165, 1.54) is 135 Å². The summed E-state index contributed by atoms with van der Waals surface area (Å²) < 4.78 is 0. The predicted molar refractivity (Wildman–Crippen MR) is 216 cm³/mol. The lowest BCUT2D eigenvalue weighted by molar-refractivity contribution is -0.123. The van der Waals surface area contributed by atoms with E-state index in [0.717, 1.165) is 51.4 Å².